The minimum absolute atomic E-state index is 0.114. The third-order valence-electron chi connectivity index (χ3n) is 4.72. The Morgan fingerprint density at radius 2 is 1.33 bits per heavy atom. The first-order valence-corrected chi connectivity index (χ1v) is 11.0. The maximum absolute atomic E-state index is 12.9. The topological polar surface area (TPSA) is 37.4 Å². The minimum Gasteiger partial charge on any atom is -0.207 e. The molecule has 0 N–H and O–H groups in total. The number of rotatable bonds is 13. The molecule has 1 unspecified atom stereocenters. The van der Waals surface area contributed by atoms with Crippen LogP contribution in [0.5, 0.6) is 0 Å². The van der Waals surface area contributed by atoms with Crippen molar-refractivity contribution >= 4 is 10.0 Å². The van der Waals surface area contributed by atoms with Crippen LogP contribution in [0.3, 0.4) is 0 Å². The highest BCUT2D eigenvalue weighted by molar-refractivity contribution is 7.89. The molecular formula is C20H35NO2S. The first-order chi connectivity index (χ1) is 11.5. The molecule has 3 nitrogen and oxygen atoms in total. The van der Waals surface area contributed by atoms with Gasteiger partial charge in [-0.15, -0.1) is 0 Å². The fraction of sp³-hybridized carbons (Fsp3) is 0.700. The Labute approximate surface area is 149 Å². The highest BCUT2D eigenvalue weighted by atomic mass is 32.2. The first kappa shape index (κ1) is 21.2. The summed E-state index contributed by atoms with van der Waals surface area (Å²) in [6, 6.07) is 8.93. The van der Waals surface area contributed by atoms with Crippen LogP contribution in [-0.2, 0) is 10.0 Å². The van der Waals surface area contributed by atoms with E-state index in [1.165, 1.54) is 38.5 Å². The summed E-state index contributed by atoms with van der Waals surface area (Å²) in [6.45, 7) is 4.40. The first-order valence-electron chi connectivity index (χ1n) is 9.57. The van der Waals surface area contributed by atoms with Crippen molar-refractivity contribution in [2.24, 2.45) is 0 Å². The van der Waals surface area contributed by atoms with Crippen LogP contribution >= 0.6 is 0 Å². The van der Waals surface area contributed by atoms with Crippen LogP contribution in [0.2, 0.25) is 0 Å². The summed E-state index contributed by atoms with van der Waals surface area (Å²) in [4.78, 5) is 0.402. The Balaban J connectivity index is 2.72. The lowest BCUT2D eigenvalue weighted by atomic mass is 10.0. The Morgan fingerprint density at radius 3 is 1.92 bits per heavy atom. The second-order valence-corrected chi connectivity index (χ2v) is 8.68. The lowest BCUT2D eigenvalue weighted by molar-refractivity contribution is 0.314. The van der Waals surface area contributed by atoms with Gasteiger partial charge in [0.1, 0.15) is 0 Å². The maximum Gasteiger partial charge on any atom is 0.243 e. The minimum atomic E-state index is -3.39. The molecule has 0 saturated heterocycles. The van der Waals surface area contributed by atoms with Crippen molar-refractivity contribution in [2.45, 2.75) is 89.0 Å². The van der Waals surface area contributed by atoms with Gasteiger partial charge in [0.05, 0.1) is 4.90 Å². The van der Waals surface area contributed by atoms with E-state index in [0.29, 0.717) is 4.90 Å². The summed E-state index contributed by atoms with van der Waals surface area (Å²) in [5.74, 6) is 0. The third-order valence-corrected chi connectivity index (χ3v) is 6.64. The van der Waals surface area contributed by atoms with Gasteiger partial charge >= 0.3 is 0 Å². The van der Waals surface area contributed by atoms with Gasteiger partial charge < -0.3 is 0 Å². The lowest BCUT2D eigenvalue weighted by Crippen LogP contribution is -2.37. The molecule has 0 aliphatic heterocycles. The van der Waals surface area contributed by atoms with E-state index in [9.17, 15) is 8.42 Å². The van der Waals surface area contributed by atoms with Gasteiger partial charge in [0.25, 0.3) is 0 Å². The Kier molecular flexibility index (Phi) is 10.3. The van der Waals surface area contributed by atoms with Gasteiger partial charge in [0.2, 0.25) is 10.0 Å². The van der Waals surface area contributed by atoms with E-state index in [-0.39, 0.29) is 6.04 Å². The summed E-state index contributed by atoms with van der Waals surface area (Å²) in [5.41, 5.74) is 0. The number of hydrogen-bond donors (Lipinski definition) is 0. The Bertz CT molecular complexity index is 528. The molecule has 1 rings (SSSR count). The van der Waals surface area contributed by atoms with E-state index in [0.717, 1.165) is 25.7 Å². The SMILES string of the molecule is CCCCCCCC(CCCCC)N(C)S(=O)(=O)c1ccccc1. The highest BCUT2D eigenvalue weighted by Gasteiger charge is 2.27. The monoisotopic (exact) mass is 353 g/mol. The predicted octanol–water partition coefficient (Wildman–Crippen LogP) is 5.62. The van der Waals surface area contributed by atoms with Gasteiger partial charge in [0.15, 0.2) is 0 Å². The molecule has 0 amide bonds. The third kappa shape index (κ3) is 6.94. The summed E-state index contributed by atoms with van der Waals surface area (Å²) in [5, 5.41) is 0. The predicted molar refractivity (Wildman–Crippen MR) is 103 cm³/mol. The van der Waals surface area contributed by atoms with E-state index in [1.54, 1.807) is 35.6 Å². The van der Waals surface area contributed by atoms with Crippen LogP contribution in [0.1, 0.15) is 78.1 Å². The largest absolute Gasteiger partial charge is 0.243 e. The van der Waals surface area contributed by atoms with E-state index in [4.69, 9.17) is 0 Å². The van der Waals surface area contributed by atoms with E-state index >= 15 is 0 Å². The van der Waals surface area contributed by atoms with Crippen LogP contribution in [0.25, 0.3) is 0 Å². The van der Waals surface area contributed by atoms with Crippen LogP contribution in [0.4, 0.5) is 0 Å². The van der Waals surface area contributed by atoms with Crippen molar-refractivity contribution in [1.82, 2.24) is 4.31 Å². The zero-order valence-corrected chi connectivity index (χ0v) is 16.5. The van der Waals surface area contributed by atoms with Crippen LogP contribution < -0.4 is 0 Å². The molecule has 0 aliphatic carbocycles. The van der Waals surface area contributed by atoms with Crippen molar-refractivity contribution in [3.05, 3.63) is 30.3 Å². The van der Waals surface area contributed by atoms with Crippen molar-refractivity contribution in [1.29, 1.82) is 0 Å². The molecule has 1 atom stereocenters. The fourth-order valence-electron chi connectivity index (χ4n) is 3.08. The molecule has 0 spiro atoms. The fourth-order valence-corrected chi connectivity index (χ4v) is 4.51. The van der Waals surface area contributed by atoms with Crippen molar-refractivity contribution < 1.29 is 8.42 Å². The van der Waals surface area contributed by atoms with Crippen LogP contribution in [0, 0.1) is 0 Å². The molecule has 1 aromatic carbocycles. The molecule has 1 aromatic rings. The van der Waals surface area contributed by atoms with Gasteiger partial charge in [-0.25, -0.2) is 8.42 Å². The average molecular weight is 354 g/mol. The molecular weight excluding hydrogens is 318 g/mol. The van der Waals surface area contributed by atoms with Gasteiger partial charge in [0, 0.05) is 13.1 Å². The van der Waals surface area contributed by atoms with Gasteiger partial charge in [-0.3, -0.25) is 0 Å². The molecule has 0 radical (unpaired) electrons. The number of nitrogens with zero attached hydrogens (tertiary/aromatic N) is 1. The molecule has 4 heteroatoms. The number of sulfonamides is 1. The normalized spacial score (nSPS) is 13.3. The molecule has 24 heavy (non-hydrogen) atoms. The zero-order chi connectivity index (χ0) is 17.8. The summed E-state index contributed by atoms with van der Waals surface area (Å²) in [6.07, 6.45) is 11.5. The highest BCUT2D eigenvalue weighted by Crippen LogP contribution is 2.23. The number of benzene rings is 1. The molecule has 0 aliphatic rings. The van der Waals surface area contributed by atoms with Crippen LogP contribution in [-0.4, -0.2) is 25.8 Å². The Hall–Kier alpha value is -0.870. The molecule has 0 aromatic heterocycles. The van der Waals surface area contributed by atoms with Crippen molar-refractivity contribution in [2.75, 3.05) is 7.05 Å². The van der Waals surface area contributed by atoms with Gasteiger partial charge in [-0.1, -0.05) is 83.4 Å². The maximum atomic E-state index is 12.9. The van der Waals surface area contributed by atoms with Crippen LogP contribution in [0.15, 0.2) is 35.2 Å². The van der Waals surface area contributed by atoms with Crippen molar-refractivity contribution in [3.8, 4) is 0 Å². The summed E-state index contributed by atoms with van der Waals surface area (Å²) < 4.78 is 27.4. The van der Waals surface area contributed by atoms with E-state index in [1.807, 2.05) is 6.07 Å². The number of unbranched alkanes of at least 4 members (excludes halogenated alkanes) is 6. The Morgan fingerprint density at radius 1 is 0.833 bits per heavy atom. The van der Waals surface area contributed by atoms with E-state index in [2.05, 4.69) is 13.8 Å². The molecule has 0 bridgehead atoms. The average Bonchev–Trinajstić information content (AvgIpc) is 2.60. The standard InChI is InChI=1S/C20H35NO2S/c1-4-6-8-9-12-16-19(15-11-7-5-2)21(3)24(22,23)20-17-13-10-14-18-20/h10,13-14,17-19H,4-9,11-12,15-16H2,1-3H3. The molecule has 138 valence electrons. The van der Waals surface area contributed by atoms with Crippen molar-refractivity contribution in [3.63, 3.8) is 0 Å². The quantitative estimate of drug-likeness (QED) is 0.432. The number of hydrogen-bond acceptors (Lipinski definition) is 2. The molecule has 0 heterocycles. The molecule has 0 fully saturated rings. The summed E-state index contributed by atoms with van der Waals surface area (Å²) in [7, 11) is -1.63. The van der Waals surface area contributed by atoms with Gasteiger partial charge in [-0.2, -0.15) is 4.31 Å². The van der Waals surface area contributed by atoms with E-state index < -0.39 is 10.0 Å². The lowest BCUT2D eigenvalue weighted by Gasteiger charge is -2.28. The zero-order valence-electron chi connectivity index (χ0n) is 15.7. The summed E-state index contributed by atoms with van der Waals surface area (Å²) >= 11 is 0. The smallest absolute Gasteiger partial charge is 0.207 e. The second-order valence-electron chi connectivity index (χ2n) is 6.69. The molecule has 0 saturated carbocycles. The van der Waals surface area contributed by atoms with Gasteiger partial charge in [-0.05, 0) is 25.0 Å². The second kappa shape index (κ2) is 11.6.